The highest BCUT2D eigenvalue weighted by atomic mass is 32.2. The number of hydrogen-bond donors (Lipinski definition) is 3. The molecule has 1 rings (SSSR count). The van der Waals surface area contributed by atoms with E-state index < -0.39 is 5.41 Å². The maximum atomic E-state index is 12.3. The third-order valence-electron chi connectivity index (χ3n) is 3.38. The Hall–Kier alpha value is -0.910. The van der Waals surface area contributed by atoms with Gasteiger partial charge in [-0.3, -0.25) is 4.79 Å². The Bertz CT molecular complexity index is 327. The van der Waals surface area contributed by atoms with Gasteiger partial charge in [0.15, 0.2) is 5.84 Å². The fraction of sp³-hybridized carbons (Fsp3) is 0.833. The zero-order valence-corrected chi connectivity index (χ0v) is 12.1. The minimum absolute atomic E-state index is 0.0356. The highest BCUT2D eigenvalue weighted by molar-refractivity contribution is 7.99. The normalized spacial score (nSPS) is 29.5. The Morgan fingerprint density at radius 3 is 2.72 bits per heavy atom. The molecule has 18 heavy (non-hydrogen) atoms. The second-order valence-corrected chi connectivity index (χ2v) is 6.43. The minimum Gasteiger partial charge on any atom is -0.409 e. The molecular formula is C12H23N3O2S. The van der Waals surface area contributed by atoms with Crippen molar-refractivity contribution in [3.8, 4) is 0 Å². The quantitative estimate of drug-likeness (QED) is 0.295. The molecule has 1 amide bonds. The van der Waals surface area contributed by atoms with Crippen LogP contribution in [0.25, 0.3) is 0 Å². The number of amides is 1. The molecule has 1 saturated carbocycles. The van der Waals surface area contributed by atoms with Gasteiger partial charge in [-0.1, -0.05) is 19.0 Å². The first-order valence-corrected chi connectivity index (χ1v) is 7.48. The van der Waals surface area contributed by atoms with Crippen LogP contribution in [0.15, 0.2) is 5.16 Å². The second kappa shape index (κ2) is 6.31. The van der Waals surface area contributed by atoms with Gasteiger partial charge in [-0.15, -0.1) is 0 Å². The van der Waals surface area contributed by atoms with E-state index >= 15 is 0 Å². The van der Waals surface area contributed by atoms with Gasteiger partial charge in [-0.05, 0) is 31.4 Å². The molecule has 4 N–H and O–H groups in total. The van der Waals surface area contributed by atoms with Crippen LogP contribution < -0.4 is 11.1 Å². The molecule has 1 fully saturated rings. The average Bonchev–Trinajstić information content (AvgIpc) is 2.30. The van der Waals surface area contributed by atoms with Crippen molar-refractivity contribution in [3.63, 3.8) is 0 Å². The van der Waals surface area contributed by atoms with E-state index in [-0.39, 0.29) is 17.8 Å². The maximum absolute atomic E-state index is 12.3. The molecule has 5 nitrogen and oxygen atoms in total. The number of nitrogens with one attached hydrogen (secondary N) is 1. The van der Waals surface area contributed by atoms with Crippen LogP contribution in [0, 0.1) is 11.3 Å². The number of carbonyl (C=O) groups is 1. The summed E-state index contributed by atoms with van der Waals surface area (Å²) >= 11 is 1.78. The summed E-state index contributed by atoms with van der Waals surface area (Å²) in [4.78, 5) is 12.3. The molecule has 0 saturated heterocycles. The lowest BCUT2D eigenvalue weighted by Gasteiger charge is -2.44. The summed E-state index contributed by atoms with van der Waals surface area (Å²) < 4.78 is 0. The summed E-state index contributed by atoms with van der Waals surface area (Å²) in [6.45, 7) is 6.12. The lowest BCUT2D eigenvalue weighted by atomic mass is 9.61. The van der Waals surface area contributed by atoms with Crippen molar-refractivity contribution in [1.29, 1.82) is 0 Å². The van der Waals surface area contributed by atoms with E-state index in [0.717, 1.165) is 11.5 Å². The van der Waals surface area contributed by atoms with Crippen molar-refractivity contribution in [2.75, 3.05) is 11.5 Å². The van der Waals surface area contributed by atoms with Gasteiger partial charge in [0.05, 0.1) is 0 Å². The van der Waals surface area contributed by atoms with Crippen LogP contribution in [-0.2, 0) is 4.79 Å². The summed E-state index contributed by atoms with van der Waals surface area (Å²) in [5, 5.41) is 14.8. The standard InChI is InChI=1S/C12H23N3O2S/c1-4-18-7-9(3)14-11(16)12(10(13)15-17)5-8(2)6-12/h8-9,17H,4-7H2,1-3H3,(H2,13,15)(H,14,16). The van der Waals surface area contributed by atoms with E-state index in [1.165, 1.54) is 0 Å². The molecule has 104 valence electrons. The van der Waals surface area contributed by atoms with E-state index in [4.69, 9.17) is 10.9 Å². The lowest BCUT2D eigenvalue weighted by molar-refractivity contribution is -0.133. The third-order valence-corrected chi connectivity index (χ3v) is 4.52. The highest BCUT2D eigenvalue weighted by Gasteiger charge is 2.52. The van der Waals surface area contributed by atoms with E-state index in [2.05, 4.69) is 24.3 Å². The SMILES string of the molecule is CCSCC(C)NC(=O)C1(C(N)=NO)CC(C)C1. The number of nitrogens with zero attached hydrogens (tertiary/aromatic N) is 1. The smallest absolute Gasteiger partial charge is 0.234 e. The molecule has 0 aromatic carbocycles. The van der Waals surface area contributed by atoms with Crippen molar-refractivity contribution in [3.05, 3.63) is 0 Å². The van der Waals surface area contributed by atoms with Gasteiger partial charge < -0.3 is 16.3 Å². The fourth-order valence-electron chi connectivity index (χ4n) is 2.43. The summed E-state index contributed by atoms with van der Waals surface area (Å²) in [5.74, 6) is 2.28. The van der Waals surface area contributed by atoms with E-state index in [1.807, 2.05) is 6.92 Å². The molecule has 0 heterocycles. The number of oxime groups is 1. The third kappa shape index (κ3) is 3.10. The van der Waals surface area contributed by atoms with Gasteiger partial charge in [0.25, 0.3) is 0 Å². The zero-order valence-electron chi connectivity index (χ0n) is 11.3. The molecule has 0 aliphatic heterocycles. The van der Waals surface area contributed by atoms with Crippen LogP contribution in [0.4, 0.5) is 0 Å². The van der Waals surface area contributed by atoms with Gasteiger partial charge in [-0.25, -0.2) is 0 Å². The molecule has 1 unspecified atom stereocenters. The largest absolute Gasteiger partial charge is 0.409 e. The van der Waals surface area contributed by atoms with Crippen LogP contribution in [-0.4, -0.2) is 34.5 Å². The van der Waals surface area contributed by atoms with Crippen LogP contribution in [0.5, 0.6) is 0 Å². The highest BCUT2D eigenvalue weighted by Crippen LogP contribution is 2.45. The number of nitrogens with two attached hydrogens (primary N) is 1. The first kappa shape index (κ1) is 15.1. The van der Waals surface area contributed by atoms with Crippen LogP contribution in [0.3, 0.4) is 0 Å². The fourth-order valence-corrected chi connectivity index (χ4v) is 3.11. The number of amidine groups is 1. The first-order valence-electron chi connectivity index (χ1n) is 6.33. The Morgan fingerprint density at radius 2 is 2.28 bits per heavy atom. The topological polar surface area (TPSA) is 87.7 Å². The predicted octanol–water partition coefficient (Wildman–Crippen LogP) is 1.41. The Balaban J connectivity index is 2.62. The summed E-state index contributed by atoms with van der Waals surface area (Å²) in [7, 11) is 0. The maximum Gasteiger partial charge on any atom is 0.234 e. The molecule has 1 aliphatic rings. The zero-order chi connectivity index (χ0) is 13.8. The Kier molecular flexibility index (Phi) is 5.31. The van der Waals surface area contributed by atoms with Crippen molar-refractivity contribution in [2.45, 2.75) is 39.7 Å². The number of rotatable bonds is 6. The Labute approximate surface area is 113 Å². The Morgan fingerprint density at radius 1 is 1.67 bits per heavy atom. The molecule has 1 aliphatic carbocycles. The van der Waals surface area contributed by atoms with Gasteiger partial charge in [-0.2, -0.15) is 11.8 Å². The van der Waals surface area contributed by atoms with Crippen molar-refractivity contribution in [1.82, 2.24) is 5.32 Å². The predicted molar refractivity (Wildman–Crippen MR) is 74.8 cm³/mol. The van der Waals surface area contributed by atoms with Crippen molar-refractivity contribution in [2.24, 2.45) is 22.2 Å². The monoisotopic (exact) mass is 273 g/mol. The minimum atomic E-state index is -0.792. The molecule has 0 spiro atoms. The van der Waals surface area contributed by atoms with Crippen LogP contribution in [0.1, 0.15) is 33.6 Å². The van der Waals surface area contributed by atoms with Gasteiger partial charge >= 0.3 is 0 Å². The van der Waals surface area contributed by atoms with Gasteiger partial charge in [0.1, 0.15) is 5.41 Å². The molecule has 6 heteroatoms. The van der Waals surface area contributed by atoms with Crippen LogP contribution in [0.2, 0.25) is 0 Å². The second-order valence-electron chi connectivity index (χ2n) is 5.11. The van der Waals surface area contributed by atoms with E-state index in [1.54, 1.807) is 11.8 Å². The molecular weight excluding hydrogens is 250 g/mol. The molecule has 0 aromatic heterocycles. The first-order chi connectivity index (χ1) is 8.46. The van der Waals surface area contributed by atoms with Crippen molar-refractivity contribution >= 4 is 23.5 Å². The van der Waals surface area contributed by atoms with E-state index in [9.17, 15) is 4.79 Å². The van der Waals surface area contributed by atoms with Gasteiger partial charge in [0.2, 0.25) is 5.91 Å². The summed E-state index contributed by atoms with van der Waals surface area (Å²) in [6, 6.07) is 0.0988. The molecule has 0 aromatic rings. The average molecular weight is 273 g/mol. The molecule has 0 radical (unpaired) electrons. The summed E-state index contributed by atoms with van der Waals surface area (Å²) in [6.07, 6.45) is 1.31. The van der Waals surface area contributed by atoms with E-state index in [0.29, 0.717) is 18.8 Å². The number of hydrogen-bond acceptors (Lipinski definition) is 4. The molecule has 1 atom stereocenters. The lowest BCUT2D eigenvalue weighted by Crippen LogP contribution is -2.58. The van der Waals surface area contributed by atoms with Crippen molar-refractivity contribution < 1.29 is 10.0 Å². The molecule has 0 bridgehead atoms. The summed E-state index contributed by atoms with van der Waals surface area (Å²) in [5.41, 5.74) is 4.89. The number of thioether (sulfide) groups is 1. The number of carbonyl (C=O) groups excluding carboxylic acids is 1. The van der Waals surface area contributed by atoms with Gasteiger partial charge in [0, 0.05) is 11.8 Å². The van der Waals surface area contributed by atoms with Crippen LogP contribution >= 0.6 is 11.8 Å².